The van der Waals surface area contributed by atoms with Gasteiger partial charge in [-0.15, -0.1) is 0 Å². The highest BCUT2D eigenvalue weighted by molar-refractivity contribution is 5.79. The molecule has 1 amide bonds. The van der Waals surface area contributed by atoms with Crippen molar-refractivity contribution in [2.24, 2.45) is 17.6 Å². The van der Waals surface area contributed by atoms with Crippen molar-refractivity contribution in [1.29, 1.82) is 0 Å². The van der Waals surface area contributed by atoms with E-state index in [1.54, 1.807) is 0 Å². The molecule has 0 spiro atoms. The van der Waals surface area contributed by atoms with Crippen molar-refractivity contribution >= 4 is 5.91 Å². The van der Waals surface area contributed by atoms with Crippen molar-refractivity contribution < 1.29 is 9.53 Å². The van der Waals surface area contributed by atoms with Gasteiger partial charge in [-0.3, -0.25) is 4.79 Å². The number of amides is 1. The first-order chi connectivity index (χ1) is 7.65. The number of hydrogen-bond acceptors (Lipinski definition) is 3. The Hall–Kier alpha value is -0.610. The third kappa shape index (κ3) is 4.10. The topological polar surface area (TPSA) is 64.3 Å². The third-order valence-electron chi connectivity index (χ3n) is 3.30. The highest BCUT2D eigenvalue weighted by atomic mass is 16.5. The fourth-order valence-corrected chi connectivity index (χ4v) is 2.35. The standard InChI is InChI=1S/C12H24N2O2/c1-3-16-7-6-14-12(15)11-5-4-10(13)8-9(11)2/h9-11H,3-8,13H2,1-2H3,(H,14,15). The van der Waals surface area contributed by atoms with Crippen molar-refractivity contribution in [3.63, 3.8) is 0 Å². The lowest BCUT2D eigenvalue weighted by Gasteiger charge is -2.31. The van der Waals surface area contributed by atoms with E-state index in [1.165, 1.54) is 0 Å². The molecule has 0 radical (unpaired) electrons. The Morgan fingerprint density at radius 2 is 2.25 bits per heavy atom. The lowest BCUT2D eigenvalue weighted by atomic mass is 9.78. The minimum absolute atomic E-state index is 0.140. The zero-order valence-corrected chi connectivity index (χ0v) is 10.4. The molecular formula is C12H24N2O2. The van der Waals surface area contributed by atoms with Crippen LogP contribution < -0.4 is 11.1 Å². The molecule has 94 valence electrons. The molecule has 0 aromatic heterocycles. The van der Waals surface area contributed by atoms with Crippen LogP contribution in [0.15, 0.2) is 0 Å². The van der Waals surface area contributed by atoms with Gasteiger partial charge in [-0.1, -0.05) is 6.92 Å². The van der Waals surface area contributed by atoms with Crippen molar-refractivity contribution in [1.82, 2.24) is 5.32 Å². The van der Waals surface area contributed by atoms with Gasteiger partial charge >= 0.3 is 0 Å². The SMILES string of the molecule is CCOCCNC(=O)C1CCC(N)CC1C. The fraction of sp³-hybridized carbons (Fsp3) is 0.917. The first kappa shape index (κ1) is 13.5. The molecule has 4 nitrogen and oxygen atoms in total. The first-order valence-corrected chi connectivity index (χ1v) is 6.26. The van der Waals surface area contributed by atoms with Crippen molar-refractivity contribution in [3.8, 4) is 0 Å². The highest BCUT2D eigenvalue weighted by Gasteiger charge is 2.30. The zero-order valence-electron chi connectivity index (χ0n) is 10.4. The lowest BCUT2D eigenvalue weighted by Crippen LogP contribution is -2.41. The molecule has 0 aromatic carbocycles. The van der Waals surface area contributed by atoms with Gasteiger partial charge in [0, 0.05) is 25.1 Å². The van der Waals surface area contributed by atoms with Crippen LogP contribution >= 0.6 is 0 Å². The van der Waals surface area contributed by atoms with Crippen LogP contribution in [0.4, 0.5) is 0 Å². The van der Waals surface area contributed by atoms with Gasteiger partial charge in [0.1, 0.15) is 0 Å². The molecule has 1 saturated carbocycles. The Morgan fingerprint density at radius 1 is 1.50 bits per heavy atom. The van der Waals surface area contributed by atoms with E-state index in [-0.39, 0.29) is 17.9 Å². The molecule has 0 aliphatic heterocycles. The number of ether oxygens (including phenoxy) is 1. The molecular weight excluding hydrogens is 204 g/mol. The molecule has 1 rings (SSSR count). The van der Waals surface area contributed by atoms with E-state index >= 15 is 0 Å². The summed E-state index contributed by atoms with van der Waals surface area (Å²) < 4.78 is 5.18. The normalized spacial score (nSPS) is 30.1. The van der Waals surface area contributed by atoms with E-state index in [9.17, 15) is 4.79 Å². The van der Waals surface area contributed by atoms with Crippen LogP contribution in [0.5, 0.6) is 0 Å². The summed E-state index contributed by atoms with van der Waals surface area (Å²) in [6, 6.07) is 0.280. The largest absolute Gasteiger partial charge is 0.380 e. The van der Waals surface area contributed by atoms with Gasteiger partial charge in [0.05, 0.1) is 6.61 Å². The third-order valence-corrected chi connectivity index (χ3v) is 3.30. The Morgan fingerprint density at radius 3 is 2.88 bits per heavy atom. The molecule has 1 fully saturated rings. The average Bonchev–Trinajstić information content (AvgIpc) is 2.24. The van der Waals surface area contributed by atoms with Gasteiger partial charge in [-0.25, -0.2) is 0 Å². The number of nitrogens with two attached hydrogens (primary N) is 1. The highest BCUT2D eigenvalue weighted by Crippen LogP contribution is 2.28. The molecule has 3 unspecified atom stereocenters. The Kier molecular flexibility index (Phi) is 5.77. The second-order valence-corrected chi connectivity index (χ2v) is 4.64. The summed E-state index contributed by atoms with van der Waals surface area (Å²) >= 11 is 0. The summed E-state index contributed by atoms with van der Waals surface area (Å²) in [5.41, 5.74) is 5.88. The Labute approximate surface area is 97.9 Å². The average molecular weight is 228 g/mol. The number of nitrogens with one attached hydrogen (secondary N) is 1. The van der Waals surface area contributed by atoms with Crippen LogP contribution in [0.1, 0.15) is 33.1 Å². The molecule has 16 heavy (non-hydrogen) atoms. The maximum atomic E-state index is 11.9. The molecule has 3 atom stereocenters. The second-order valence-electron chi connectivity index (χ2n) is 4.64. The molecule has 4 heteroatoms. The number of carbonyl (C=O) groups is 1. The van der Waals surface area contributed by atoms with Gasteiger partial charge in [0.15, 0.2) is 0 Å². The number of rotatable bonds is 5. The number of carbonyl (C=O) groups excluding carboxylic acids is 1. The molecule has 1 aliphatic carbocycles. The summed E-state index contributed by atoms with van der Waals surface area (Å²) in [4.78, 5) is 11.9. The van der Waals surface area contributed by atoms with Crippen molar-refractivity contribution in [2.45, 2.75) is 39.2 Å². The van der Waals surface area contributed by atoms with Crippen LogP contribution in [0.3, 0.4) is 0 Å². The predicted molar refractivity (Wildman–Crippen MR) is 64.0 cm³/mol. The second kappa shape index (κ2) is 6.86. The van der Waals surface area contributed by atoms with Gasteiger partial charge < -0.3 is 15.8 Å². The maximum Gasteiger partial charge on any atom is 0.223 e. The number of hydrogen-bond donors (Lipinski definition) is 2. The summed E-state index contributed by atoms with van der Waals surface area (Å²) in [5.74, 6) is 0.705. The van der Waals surface area contributed by atoms with E-state index in [0.29, 0.717) is 25.7 Å². The summed E-state index contributed by atoms with van der Waals surface area (Å²) in [7, 11) is 0. The Bertz CT molecular complexity index is 221. The monoisotopic (exact) mass is 228 g/mol. The van der Waals surface area contributed by atoms with E-state index in [0.717, 1.165) is 19.3 Å². The van der Waals surface area contributed by atoms with Crippen LogP contribution in [-0.4, -0.2) is 31.7 Å². The minimum atomic E-state index is 0.140. The van der Waals surface area contributed by atoms with E-state index in [4.69, 9.17) is 10.5 Å². The first-order valence-electron chi connectivity index (χ1n) is 6.26. The minimum Gasteiger partial charge on any atom is -0.380 e. The van der Waals surface area contributed by atoms with E-state index in [2.05, 4.69) is 12.2 Å². The van der Waals surface area contributed by atoms with Crippen LogP contribution in [0, 0.1) is 11.8 Å². The quantitative estimate of drug-likeness (QED) is 0.687. The summed E-state index contributed by atoms with van der Waals surface area (Å²) in [6.45, 7) is 5.98. The summed E-state index contributed by atoms with van der Waals surface area (Å²) in [5, 5.41) is 2.93. The lowest BCUT2D eigenvalue weighted by molar-refractivity contribution is -0.127. The molecule has 1 aliphatic rings. The molecule has 0 saturated heterocycles. The van der Waals surface area contributed by atoms with Gasteiger partial charge in [0.25, 0.3) is 0 Å². The molecule has 3 N–H and O–H groups in total. The van der Waals surface area contributed by atoms with Gasteiger partial charge in [-0.2, -0.15) is 0 Å². The van der Waals surface area contributed by atoms with Crippen molar-refractivity contribution in [3.05, 3.63) is 0 Å². The predicted octanol–water partition coefficient (Wildman–Crippen LogP) is 0.903. The van der Waals surface area contributed by atoms with Crippen LogP contribution in [0.25, 0.3) is 0 Å². The van der Waals surface area contributed by atoms with Gasteiger partial charge in [0.2, 0.25) is 5.91 Å². The van der Waals surface area contributed by atoms with E-state index in [1.807, 2.05) is 6.92 Å². The zero-order chi connectivity index (χ0) is 12.0. The smallest absolute Gasteiger partial charge is 0.223 e. The summed E-state index contributed by atoms with van der Waals surface area (Å²) in [6.07, 6.45) is 2.85. The van der Waals surface area contributed by atoms with E-state index < -0.39 is 0 Å². The van der Waals surface area contributed by atoms with Crippen LogP contribution in [-0.2, 0) is 9.53 Å². The van der Waals surface area contributed by atoms with Crippen molar-refractivity contribution in [2.75, 3.05) is 19.8 Å². The molecule has 0 heterocycles. The maximum absolute atomic E-state index is 11.9. The molecule has 0 bridgehead atoms. The molecule has 0 aromatic rings. The van der Waals surface area contributed by atoms with Gasteiger partial charge in [-0.05, 0) is 32.1 Å². The fourth-order valence-electron chi connectivity index (χ4n) is 2.35. The van der Waals surface area contributed by atoms with Crippen LogP contribution in [0.2, 0.25) is 0 Å². The Balaban J connectivity index is 2.25.